The van der Waals surface area contributed by atoms with Gasteiger partial charge < -0.3 is 14.8 Å². The molecule has 0 aliphatic heterocycles. The fourth-order valence-electron chi connectivity index (χ4n) is 2.78. The van der Waals surface area contributed by atoms with Crippen LogP contribution in [0.1, 0.15) is 23.0 Å². The van der Waals surface area contributed by atoms with Crippen LogP contribution in [-0.4, -0.2) is 30.3 Å². The first-order valence-electron chi connectivity index (χ1n) is 8.44. The van der Waals surface area contributed by atoms with Gasteiger partial charge in [0.2, 0.25) is 0 Å². The quantitative estimate of drug-likeness (QED) is 0.652. The molecule has 0 unspecified atom stereocenters. The molecule has 6 nitrogen and oxygen atoms in total. The Morgan fingerprint density at radius 3 is 2.63 bits per heavy atom. The van der Waals surface area contributed by atoms with Gasteiger partial charge in [-0.1, -0.05) is 30.7 Å². The lowest BCUT2D eigenvalue weighted by molar-refractivity contribution is 0.102. The van der Waals surface area contributed by atoms with Gasteiger partial charge in [0.15, 0.2) is 0 Å². The van der Waals surface area contributed by atoms with E-state index >= 15 is 0 Å². The van der Waals surface area contributed by atoms with Crippen molar-refractivity contribution in [2.75, 3.05) is 19.5 Å². The van der Waals surface area contributed by atoms with Crippen molar-refractivity contribution in [3.63, 3.8) is 0 Å². The van der Waals surface area contributed by atoms with Crippen molar-refractivity contribution in [2.24, 2.45) is 0 Å². The summed E-state index contributed by atoms with van der Waals surface area (Å²) in [4.78, 5) is 12.8. The van der Waals surface area contributed by atoms with Crippen molar-refractivity contribution in [2.45, 2.75) is 13.3 Å². The molecule has 1 amide bonds. The number of H-pyrrole nitrogens is 1. The summed E-state index contributed by atoms with van der Waals surface area (Å²) in [5.74, 6) is 0.964. The van der Waals surface area contributed by atoms with E-state index in [1.807, 2.05) is 19.1 Å². The van der Waals surface area contributed by atoms with Crippen LogP contribution < -0.4 is 14.8 Å². The van der Waals surface area contributed by atoms with Gasteiger partial charge in [-0.15, -0.1) is 0 Å². The van der Waals surface area contributed by atoms with Crippen molar-refractivity contribution in [1.82, 2.24) is 10.2 Å². The standard InChI is InChI=1S/C20H20ClN3O3/c1-4-16-19(22-20(25)13-7-5-6-8-15(13)21)18(24-23-16)14-10-9-12(26-2)11-17(14)27-3/h5-11H,4H2,1-3H3,(H,22,25)(H,23,24). The number of halogens is 1. The number of methoxy groups -OCH3 is 2. The van der Waals surface area contributed by atoms with Crippen LogP contribution in [0.15, 0.2) is 42.5 Å². The lowest BCUT2D eigenvalue weighted by atomic mass is 10.1. The summed E-state index contributed by atoms with van der Waals surface area (Å²) in [7, 11) is 3.17. The molecule has 1 aromatic heterocycles. The molecule has 0 aliphatic rings. The molecule has 2 aromatic carbocycles. The van der Waals surface area contributed by atoms with Crippen molar-refractivity contribution >= 4 is 23.2 Å². The van der Waals surface area contributed by atoms with Crippen LogP contribution in [-0.2, 0) is 6.42 Å². The third-order valence-electron chi connectivity index (χ3n) is 4.22. The summed E-state index contributed by atoms with van der Waals surface area (Å²) < 4.78 is 10.7. The highest BCUT2D eigenvalue weighted by Crippen LogP contribution is 2.37. The highest BCUT2D eigenvalue weighted by atomic mass is 35.5. The van der Waals surface area contributed by atoms with Gasteiger partial charge >= 0.3 is 0 Å². The molecule has 0 aliphatic carbocycles. The van der Waals surface area contributed by atoms with Crippen LogP contribution in [0, 0.1) is 0 Å². The number of rotatable bonds is 6. The lowest BCUT2D eigenvalue weighted by Crippen LogP contribution is -2.14. The molecule has 0 spiro atoms. The maximum absolute atomic E-state index is 12.8. The number of nitrogens with zero attached hydrogens (tertiary/aromatic N) is 1. The first kappa shape index (κ1) is 18.8. The van der Waals surface area contributed by atoms with Gasteiger partial charge in [0.25, 0.3) is 5.91 Å². The van der Waals surface area contributed by atoms with Crippen LogP contribution in [0.2, 0.25) is 5.02 Å². The van der Waals surface area contributed by atoms with Crippen molar-refractivity contribution < 1.29 is 14.3 Å². The zero-order valence-electron chi connectivity index (χ0n) is 15.3. The molecular weight excluding hydrogens is 366 g/mol. The van der Waals surface area contributed by atoms with E-state index < -0.39 is 0 Å². The smallest absolute Gasteiger partial charge is 0.257 e. The number of ether oxygens (including phenoxy) is 2. The number of aryl methyl sites for hydroxylation is 1. The van der Waals surface area contributed by atoms with Crippen LogP contribution >= 0.6 is 11.6 Å². The predicted molar refractivity (Wildman–Crippen MR) is 106 cm³/mol. The van der Waals surface area contributed by atoms with E-state index in [2.05, 4.69) is 15.5 Å². The zero-order chi connectivity index (χ0) is 19.4. The van der Waals surface area contributed by atoms with Gasteiger partial charge in [-0.25, -0.2) is 0 Å². The Morgan fingerprint density at radius 2 is 1.96 bits per heavy atom. The second kappa shape index (κ2) is 8.14. The average molecular weight is 386 g/mol. The van der Waals surface area contributed by atoms with Crippen LogP contribution in [0.3, 0.4) is 0 Å². The second-order valence-electron chi connectivity index (χ2n) is 5.78. The van der Waals surface area contributed by atoms with Crippen molar-refractivity contribution in [1.29, 1.82) is 0 Å². The van der Waals surface area contributed by atoms with Crippen LogP contribution in [0.5, 0.6) is 11.5 Å². The summed E-state index contributed by atoms with van der Waals surface area (Å²) in [5, 5.41) is 10.7. The van der Waals surface area contributed by atoms with Gasteiger partial charge in [-0.2, -0.15) is 5.10 Å². The number of anilines is 1. The SMILES string of the molecule is CCc1[nH]nc(-c2ccc(OC)cc2OC)c1NC(=O)c1ccccc1Cl. The van der Waals surface area contributed by atoms with Crippen molar-refractivity contribution in [3.8, 4) is 22.8 Å². The third kappa shape index (κ3) is 3.75. The average Bonchev–Trinajstić information content (AvgIpc) is 3.09. The number of aromatic nitrogens is 2. The molecule has 27 heavy (non-hydrogen) atoms. The third-order valence-corrected chi connectivity index (χ3v) is 4.55. The van der Waals surface area contributed by atoms with E-state index in [1.165, 1.54) is 0 Å². The molecule has 3 rings (SSSR count). The number of nitrogens with one attached hydrogen (secondary N) is 2. The molecule has 1 heterocycles. The monoisotopic (exact) mass is 385 g/mol. The molecule has 3 aromatic rings. The summed E-state index contributed by atoms with van der Waals surface area (Å²) in [6.07, 6.45) is 0.670. The van der Waals surface area contributed by atoms with E-state index in [-0.39, 0.29) is 5.91 Å². The topological polar surface area (TPSA) is 76.2 Å². The summed E-state index contributed by atoms with van der Waals surface area (Å²) >= 11 is 6.15. The maximum atomic E-state index is 12.8. The molecule has 2 N–H and O–H groups in total. The number of benzene rings is 2. The van der Waals surface area contributed by atoms with Crippen molar-refractivity contribution in [3.05, 3.63) is 58.7 Å². The van der Waals surface area contributed by atoms with E-state index in [4.69, 9.17) is 21.1 Å². The largest absolute Gasteiger partial charge is 0.497 e. The molecular formula is C20H20ClN3O3. The number of aromatic amines is 1. The number of hydrogen-bond acceptors (Lipinski definition) is 4. The van der Waals surface area contributed by atoms with E-state index in [0.717, 1.165) is 11.3 Å². The predicted octanol–water partition coefficient (Wildman–Crippen LogP) is 4.56. The highest BCUT2D eigenvalue weighted by molar-refractivity contribution is 6.34. The molecule has 0 saturated carbocycles. The first-order valence-corrected chi connectivity index (χ1v) is 8.82. The van der Waals surface area contributed by atoms with Gasteiger partial charge in [0, 0.05) is 11.6 Å². The number of carbonyl (C=O) groups is 1. The Labute approximate surface area is 162 Å². The molecule has 7 heteroatoms. The Balaban J connectivity index is 2.04. The zero-order valence-corrected chi connectivity index (χ0v) is 16.1. The number of amides is 1. The highest BCUT2D eigenvalue weighted by Gasteiger charge is 2.21. The molecule has 0 radical (unpaired) electrons. The fourth-order valence-corrected chi connectivity index (χ4v) is 3.01. The Bertz CT molecular complexity index is 969. The molecule has 0 bridgehead atoms. The molecule has 0 saturated heterocycles. The first-order chi connectivity index (χ1) is 13.1. The van der Waals surface area contributed by atoms with Gasteiger partial charge in [-0.05, 0) is 30.7 Å². The summed E-state index contributed by atoms with van der Waals surface area (Å²) in [5.41, 5.74) is 3.14. The fraction of sp³-hybridized carbons (Fsp3) is 0.200. The Morgan fingerprint density at radius 1 is 1.19 bits per heavy atom. The second-order valence-corrected chi connectivity index (χ2v) is 6.19. The summed E-state index contributed by atoms with van der Waals surface area (Å²) in [6, 6.07) is 12.3. The lowest BCUT2D eigenvalue weighted by Gasteiger charge is -2.12. The minimum absolute atomic E-state index is 0.301. The number of hydrogen-bond donors (Lipinski definition) is 2. The van der Waals surface area contributed by atoms with E-state index in [9.17, 15) is 4.79 Å². The van der Waals surface area contributed by atoms with Crippen LogP contribution in [0.4, 0.5) is 5.69 Å². The maximum Gasteiger partial charge on any atom is 0.257 e. The minimum Gasteiger partial charge on any atom is -0.497 e. The molecule has 0 fully saturated rings. The normalized spacial score (nSPS) is 10.5. The molecule has 140 valence electrons. The van der Waals surface area contributed by atoms with E-state index in [1.54, 1.807) is 44.6 Å². The number of carbonyl (C=O) groups excluding carboxylic acids is 1. The Kier molecular flexibility index (Phi) is 5.66. The van der Waals surface area contributed by atoms with Gasteiger partial charge in [0.05, 0.1) is 36.2 Å². The minimum atomic E-state index is -0.301. The van der Waals surface area contributed by atoms with Gasteiger partial charge in [-0.3, -0.25) is 9.89 Å². The molecule has 0 atom stereocenters. The summed E-state index contributed by atoms with van der Waals surface area (Å²) in [6.45, 7) is 1.98. The van der Waals surface area contributed by atoms with Gasteiger partial charge in [0.1, 0.15) is 17.2 Å². The Hall–Kier alpha value is -2.99. The van der Waals surface area contributed by atoms with E-state index in [0.29, 0.717) is 39.9 Å². The van der Waals surface area contributed by atoms with Crippen LogP contribution in [0.25, 0.3) is 11.3 Å².